The number of carboxylic acid groups (broad SMARTS) is 1. The molecule has 4 nitrogen and oxygen atoms in total. The van der Waals surface area contributed by atoms with Crippen LogP contribution in [0.15, 0.2) is 36.4 Å². The molecule has 1 amide bonds. The lowest BCUT2D eigenvalue weighted by Gasteiger charge is -2.11. The van der Waals surface area contributed by atoms with Crippen LogP contribution in [0, 0.1) is 0 Å². The van der Waals surface area contributed by atoms with Crippen molar-refractivity contribution < 1.29 is 14.7 Å². The topological polar surface area (TPSA) is 66.4 Å². The van der Waals surface area contributed by atoms with Crippen LogP contribution in [0.3, 0.4) is 0 Å². The van der Waals surface area contributed by atoms with Crippen molar-refractivity contribution in [1.82, 2.24) is 5.32 Å². The zero-order chi connectivity index (χ0) is 14.8. The predicted octanol–water partition coefficient (Wildman–Crippen LogP) is 2.85. The van der Waals surface area contributed by atoms with Gasteiger partial charge in [-0.1, -0.05) is 42.5 Å². The van der Waals surface area contributed by atoms with E-state index in [9.17, 15) is 9.59 Å². The van der Waals surface area contributed by atoms with Gasteiger partial charge in [-0.05, 0) is 25.3 Å². The lowest BCUT2D eigenvalue weighted by atomic mass is 10.1. The van der Waals surface area contributed by atoms with Gasteiger partial charge in [-0.15, -0.1) is 0 Å². The minimum atomic E-state index is -0.836. The van der Waals surface area contributed by atoms with E-state index in [1.54, 1.807) is 0 Å². The number of amides is 1. The summed E-state index contributed by atoms with van der Waals surface area (Å²) in [6.07, 6.45) is 5.58. The van der Waals surface area contributed by atoms with Crippen molar-refractivity contribution in [3.8, 4) is 0 Å². The molecule has 0 heterocycles. The average Bonchev–Trinajstić information content (AvgIpc) is 2.42. The van der Waals surface area contributed by atoms with Crippen LogP contribution in [0.1, 0.15) is 38.2 Å². The van der Waals surface area contributed by atoms with Crippen LogP contribution < -0.4 is 5.32 Å². The highest BCUT2D eigenvalue weighted by Crippen LogP contribution is 2.03. The third-order valence-corrected chi connectivity index (χ3v) is 2.85. The van der Waals surface area contributed by atoms with E-state index >= 15 is 0 Å². The van der Waals surface area contributed by atoms with Gasteiger partial charge in [0.25, 0.3) is 0 Å². The zero-order valence-electron chi connectivity index (χ0n) is 11.7. The van der Waals surface area contributed by atoms with Crippen molar-refractivity contribution in [1.29, 1.82) is 0 Å². The number of carbonyl (C=O) groups excluding carboxylic acids is 1. The summed E-state index contributed by atoms with van der Waals surface area (Å²) in [5.41, 5.74) is 1.11. The SMILES string of the molecule is CC(CCC(=O)O)NC(=O)CC/C=C/c1ccccc1. The molecule has 1 aromatic carbocycles. The van der Waals surface area contributed by atoms with Crippen LogP contribution in [0.25, 0.3) is 6.08 Å². The molecule has 4 heteroatoms. The molecular weight excluding hydrogens is 254 g/mol. The third kappa shape index (κ3) is 7.36. The molecule has 0 aliphatic heterocycles. The molecule has 1 rings (SSSR count). The van der Waals surface area contributed by atoms with E-state index in [1.165, 1.54) is 0 Å². The summed E-state index contributed by atoms with van der Waals surface area (Å²) < 4.78 is 0. The number of benzene rings is 1. The van der Waals surface area contributed by atoms with Gasteiger partial charge >= 0.3 is 5.97 Å². The van der Waals surface area contributed by atoms with Crippen molar-refractivity contribution in [2.45, 2.75) is 38.6 Å². The van der Waals surface area contributed by atoms with Crippen molar-refractivity contribution in [2.75, 3.05) is 0 Å². The fraction of sp³-hybridized carbons (Fsp3) is 0.375. The molecule has 1 atom stereocenters. The number of hydrogen-bond acceptors (Lipinski definition) is 2. The first kappa shape index (κ1) is 16.0. The number of allylic oxidation sites excluding steroid dienone is 1. The summed E-state index contributed by atoms with van der Waals surface area (Å²) in [4.78, 5) is 22.0. The van der Waals surface area contributed by atoms with E-state index in [0.29, 0.717) is 19.3 Å². The van der Waals surface area contributed by atoms with Crippen molar-refractivity contribution in [3.05, 3.63) is 42.0 Å². The number of nitrogens with one attached hydrogen (secondary N) is 1. The molecule has 1 unspecified atom stereocenters. The normalized spacial score (nSPS) is 12.2. The molecule has 0 bridgehead atoms. The molecule has 0 fully saturated rings. The van der Waals surface area contributed by atoms with Crippen molar-refractivity contribution >= 4 is 18.0 Å². The Morgan fingerprint density at radius 3 is 2.60 bits per heavy atom. The molecule has 0 aliphatic carbocycles. The van der Waals surface area contributed by atoms with E-state index in [2.05, 4.69) is 5.32 Å². The van der Waals surface area contributed by atoms with Crippen molar-refractivity contribution in [2.24, 2.45) is 0 Å². The van der Waals surface area contributed by atoms with Gasteiger partial charge in [0.05, 0.1) is 0 Å². The fourth-order valence-electron chi connectivity index (χ4n) is 1.76. The first-order valence-electron chi connectivity index (χ1n) is 6.80. The highest BCUT2D eigenvalue weighted by atomic mass is 16.4. The molecule has 1 aromatic rings. The number of aliphatic carboxylic acids is 1. The molecule has 0 saturated heterocycles. The second kappa shape index (κ2) is 8.91. The zero-order valence-corrected chi connectivity index (χ0v) is 11.7. The Bertz CT molecular complexity index is 454. The standard InChI is InChI=1S/C16H21NO3/c1-13(11-12-16(19)20)17-15(18)10-6-5-9-14-7-3-2-4-8-14/h2-5,7-9,13H,6,10-12H2,1H3,(H,17,18)(H,19,20)/b9-5+. The Labute approximate surface area is 119 Å². The van der Waals surface area contributed by atoms with Gasteiger partial charge in [-0.3, -0.25) is 9.59 Å². The maximum absolute atomic E-state index is 11.6. The largest absolute Gasteiger partial charge is 0.481 e. The second-order valence-corrected chi connectivity index (χ2v) is 4.75. The van der Waals surface area contributed by atoms with E-state index in [-0.39, 0.29) is 18.4 Å². The summed E-state index contributed by atoms with van der Waals surface area (Å²) in [5, 5.41) is 11.4. The summed E-state index contributed by atoms with van der Waals surface area (Å²) >= 11 is 0. The molecule has 20 heavy (non-hydrogen) atoms. The van der Waals surface area contributed by atoms with E-state index in [0.717, 1.165) is 5.56 Å². The molecule has 0 radical (unpaired) electrons. The Balaban J connectivity index is 2.20. The first-order valence-corrected chi connectivity index (χ1v) is 6.80. The number of rotatable bonds is 8. The quantitative estimate of drug-likeness (QED) is 0.766. The molecular formula is C16H21NO3. The number of carbonyl (C=O) groups is 2. The Kier molecular flexibility index (Phi) is 7.11. The maximum Gasteiger partial charge on any atom is 0.303 e. The second-order valence-electron chi connectivity index (χ2n) is 4.75. The summed E-state index contributed by atoms with van der Waals surface area (Å²) in [7, 11) is 0. The molecule has 0 saturated carbocycles. The lowest BCUT2D eigenvalue weighted by Crippen LogP contribution is -2.32. The van der Waals surface area contributed by atoms with Crippen LogP contribution in [-0.4, -0.2) is 23.0 Å². The average molecular weight is 275 g/mol. The van der Waals surface area contributed by atoms with Crippen LogP contribution >= 0.6 is 0 Å². The van der Waals surface area contributed by atoms with Gasteiger partial charge in [0.2, 0.25) is 5.91 Å². The van der Waals surface area contributed by atoms with Crippen LogP contribution in [0.2, 0.25) is 0 Å². The smallest absolute Gasteiger partial charge is 0.303 e. The molecule has 0 aromatic heterocycles. The molecule has 0 aliphatic rings. The highest BCUT2D eigenvalue weighted by Gasteiger charge is 2.08. The van der Waals surface area contributed by atoms with Gasteiger partial charge < -0.3 is 10.4 Å². The summed E-state index contributed by atoms with van der Waals surface area (Å²) in [6, 6.07) is 9.81. The number of carboxylic acids is 1. The summed E-state index contributed by atoms with van der Waals surface area (Å²) in [6.45, 7) is 1.82. The van der Waals surface area contributed by atoms with Crippen molar-refractivity contribution in [3.63, 3.8) is 0 Å². The minimum Gasteiger partial charge on any atom is -0.481 e. The molecule has 108 valence electrons. The van der Waals surface area contributed by atoms with E-state index < -0.39 is 5.97 Å². The Hall–Kier alpha value is -2.10. The molecule has 2 N–H and O–H groups in total. The monoisotopic (exact) mass is 275 g/mol. The van der Waals surface area contributed by atoms with E-state index in [4.69, 9.17) is 5.11 Å². The Morgan fingerprint density at radius 2 is 1.95 bits per heavy atom. The third-order valence-electron chi connectivity index (χ3n) is 2.85. The highest BCUT2D eigenvalue weighted by molar-refractivity contribution is 5.76. The van der Waals surface area contributed by atoms with Gasteiger partial charge in [0.15, 0.2) is 0 Å². The van der Waals surface area contributed by atoms with Crippen LogP contribution in [0.5, 0.6) is 0 Å². The lowest BCUT2D eigenvalue weighted by molar-refractivity contribution is -0.137. The van der Waals surface area contributed by atoms with Gasteiger partial charge in [0.1, 0.15) is 0 Å². The van der Waals surface area contributed by atoms with Gasteiger partial charge in [-0.25, -0.2) is 0 Å². The van der Waals surface area contributed by atoms with Gasteiger partial charge in [0, 0.05) is 18.9 Å². The first-order chi connectivity index (χ1) is 9.58. The fourth-order valence-corrected chi connectivity index (χ4v) is 1.76. The Morgan fingerprint density at radius 1 is 1.25 bits per heavy atom. The van der Waals surface area contributed by atoms with Crippen LogP contribution in [0.4, 0.5) is 0 Å². The maximum atomic E-state index is 11.6. The molecule has 0 spiro atoms. The van der Waals surface area contributed by atoms with E-state index in [1.807, 2.05) is 49.4 Å². The number of hydrogen-bond donors (Lipinski definition) is 2. The summed E-state index contributed by atoms with van der Waals surface area (Å²) in [5.74, 6) is -0.877. The predicted molar refractivity (Wildman–Crippen MR) is 79.2 cm³/mol. The van der Waals surface area contributed by atoms with Gasteiger partial charge in [-0.2, -0.15) is 0 Å². The minimum absolute atomic E-state index is 0.0411. The van der Waals surface area contributed by atoms with Crippen LogP contribution in [-0.2, 0) is 9.59 Å².